The van der Waals surface area contributed by atoms with Crippen molar-refractivity contribution >= 4 is 23.4 Å². The van der Waals surface area contributed by atoms with Gasteiger partial charge in [-0.1, -0.05) is 6.08 Å². The molecule has 3 heterocycles. The number of carbonyl (C=O) groups is 2. The molecule has 0 saturated carbocycles. The second-order valence-electron chi connectivity index (χ2n) is 7.48. The molecule has 11 heteroatoms. The van der Waals surface area contributed by atoms with E-state index in [2.05, 4.69) is 37.0 Å². The number of aromatic nitrogens is 2. The van der Waals surface area contributed by atoms with Crippen LogP contribution in [0.3, 0.4) is 0 Å². The first-order chi connectivity index (χ1) is 15.7. The fourth-order valence-corrected chi connectivity index (χ4v) is 3.61. The number of esters is 1. The lowest BCUT2D eigenvalue weighted by atomic mass is 10.1. The molecule has 0 atom stereocenters. The van der Waals surface area contributed by atoms with E-state index in [0.29, 0.717) is 11.9 Å². The van der Waals surface area contributed by atoms with Crippen LogP contribution in [0.5, 0.6) is 0 Å². The zero-order chi connectivity index (χ0) is 23.6. The fraction of sp³-hybridized carbons (Fsp3) is 0.273. The summed E-state index contributed by atoms with van der Waals surface area (Å²) in [5, 5.41) is 16.9. The molecule has 1 aromatic carbocycles. The van der Waals surface area contributed by atoms with Crippen LogP contribution in [0.2, 0.25) is 0 Å². The maximum Gasteiger partial charge on any atom is 0.416 e. The number of ether oxygens (including phenoxy) is 1. The van der Waals surface area contributed by atoms with E-state index < -0.39 is 29.2 Å². The molecule has 2 aromatic rings. The van der Waals surface area contributed by atoms with Crippen molar-refractivity contribution in [2.45, 2.75) is 31.9 Å². The summed E-state index contributed by atoms with van der Waals surface area (Å²) < 4.78 is 43.5. The number of benzene rings is 1. The van der Waals surface area contributed by atoms with Crippen LogP contribution in [-0.4, -0.2) is 29.2 Å². The second kappa shape index (κ2) is 8.93. The monoisotopic (exact) mass is 459 g/mol. The number of halogens is 3. The molecule has 3 N–H and O–H groups in total. The molecule has 0 unspecified atom stereocenters. The van der Waals surface area contributed by atoms with E-state index in [-0.39, 0.29) is 11.4 Å². The van der Waals surface area contributed by atoms with Crippen LogP contribution >= 0.6 is 0 Å². The molecule has 2 aliphatic heterocycles. The Hall–Kier alpha value is -3.89. The van der Waals surface area contributed by atoms with Crippen LogP contribution in [0.25, 0.3) is 0 Å². The van der Waals surface area contributed by atoms with Crippen molar-refractivity contribution in [2.75, 3.05) is 17.7 Å². The third kappa shape index (κ3) is 4.97. The predicted octanol–water partition coefficient (Wildman–Crippen LogP) is 4.22. The summed E-state index contributed by atoms with van der Waals surface area (Å²) in [6, 6.07) is 5.39. The number of rotatable bonds is 5. The molecule has 2 bridgehead atoms. The Bertz CT molecular complexity index is 1160. The van der Waals surface area contributed by atoms with Gasteiger partial charge in [-0.25, -0.2) is 4.79 Å². The number of nitrogens with one attached hydrogen (secondary N) is 3. The number of alkyl halides is 3. The Balaban J connectivity index is 1.49. The lowest BCUT2D eigenvalue weighted by Gasteiger charge is -2.14. The number of amides is 1. The van der Waals surface area contributed by atoms with Crippen molar-refractivity contribution in [3.8, 4) is 0 Å². The van der Waals surface area contributed by atoms with Crippen molar-refractivity contribution in [2.24, 2.45) is 0 Å². The number of methoxy groups -OCH3 is 1. The molecule has 1 aromatic heterocycles. The van der Waals surface area contributed by atoms with Crippen molar-refractivity contribution in [1.82, 2.24) is 15.5 Å². The van der Waals surface area contributed by atoms with Crippen molar-refractivity contribution in [3.63, 3.8) is 0 Å². The molecule has 1 amide bonds. The fourth-order valence-electron chi connectivity index (χ4n) is 3.61. The molecule has 33 heavy (non-hydrogen) atoms. The minimum atomic E-state index is -4.65. The first kappa shape index (κ1) is 22.3. The summed E-state index contributed by atoms with van der Waals surface area (Å²) in [7, 11) is 1.04. The van der Waals surface area contributed by atoms with E-state index in [9.17, 15) is 22.8 Å². The highest BCUT2D eigenvalue weighted by atomic mass is 19.4. The van der Waals surface area contributed by atoms with Gasteiger partial charge in [-0.15, -0.1) is 10.2 Å². The minimum absolute atomic E-state index is 0.0715. The first-order valence-corrected chi connectivity index (χ1v) is 10.1. The Labute approximate surface area is 186 Å². The normalized spacial score (nSPS) is 15.3. The highest BCUT2D eigenvalue weighted by Gasteiger charge is 2.32. The summed E-state index contributed by atoms with van der Waals surface area (Å²) in [5.74, 6) is -1.30. The zero-order valence-corrected chi connectivity index (χ0v) is 17.5. The van der Waals surface area contributed by atoms with Crippen LogP contribution in [-0.2, 0) is 10.9 Å². The quantitative estimate of drug-likeness (QED) is 0.575. The summed E-state index contributed by atoms with van der Waals surface area (Å²) in [4.78, 5) is 24.5. The van der Waals surface area contributed by atoms with Gasteiger partial charge in [0, 0.05) is 17.1 Å². The summed E-state index contributed by atoms with van der Waals surface area (Å²) in [6.45, 7) is 0. The van der Waals surface area contributed by atoms with Gasteiger partial charge in [0.15, 0.2) is 11.5 Å². The smallest absolute Gasteiger partial charge is 0.416 e. The van der Waals surface area contributed by atoms with E-state index in [1.165, 1.54) is 11.8 Å². The van der Waals surface area contributed by atoms with Gasteiger partial charge < -0.3 is 20.7 Å². The zero-order valence-electron chi connectivity index (χ0n) is 17.5. The SMILES string of the molecule is COC(=O)c1cc(C(F)(F)F)ccc1NC(=O)c1ccc(NC2=C3CCC(=CCC2)N3)nn1. The highest BCUT2D eigenvalue weighted by molar-refractivity contribution is 6.07. The third-order valence-corrected chi connectivity index (χ3v) is 5.28. The van der Waals surface area contributed by atoms with Gasteiger partial charge in [-0.3, -0.25) is 4.79 Å². The lowest BCUT2D eigenvalue weighted by Crippen LogP contribution is -2.18. The molecule has 4 rings (SSSR count). The van der Waals surface area contributed by atoms with Crippen LogP contribution < -0.4 is 16.0 Å². The van der Waals surface area contributed by atoms with Crippen molar-refractivity contribution in [3.05, 3.63) is 70.3 Å². The average molecular weight is 459 g/mol. The van der Waals surface area contributed by atoms with Gasteiger partial charge in [0.1, 0.15) is 0 Å². The molecular formula is C22H20F3N5O3. The van der Waals surface area contributed by atoms with Crippen molar-refractivity contribution in [1.29, 1.82) is 0 Å². The van der Waals surface area contributed by atoms with E-state index >= 15 is 0 Å². The van der Waals surface area contributed by atoms with E-state index in [1.54, 1.807) is 6.07 Å². The highest BCUT2D eigenvalue weighted by Crippen LogP contribution is 2.32. The maximum atomic E-state index is 13.0. The largest absolute Gasteiger partial charge is 0.465 e. The van der Waals surface area contributed by atoms with Gasteiger partial charge in [-0.2, -0.15) is 13.2 Å². The summed E-state index contributed by atoms with van der Waals surface area (Å²) in [6.07, 6.45) is 1.13. The Morgan fingerprint density at radius 1 is 1.09 bits per heavy atom. The number of allylic oxidation sites excluding steroid dienone is 4. The standard InChI is InChI=1S/C22H20F3N5O3/c1-33-21(32)14-11-12(22(23,24)25)5-7-15(14)28-20(31)18-9-10-19(30-29-18)27-16-4-2-3-13-6-8-17(16)26-13/h3,5,7,9-11,26H,2,4,6,8H2,1H3,(H,27,30)(H,28,31). The number of fused-ring (bicyclic) bond motifs is 2. The molecule has 1 saturated heterocycles. The number of anilines is 2. The molecule has 0 spiro atoms. The summed E-state index contributed by atoms with van der Waals surface area (Å²) >= 11 is 0. The predicted molar refractivity (Wildman–Crippen MR) is 113 cm³/mol. The average Bonchev–Trinajstić information content (AvgIpc) is 3.17. The van der Waals surface area contributed by atoms with Gasteiger partial charge >= 0.3 is 12.1 Å². The van der Waals surface area contributed by atoms with Gasteiger partial charge in [0.2, 0.25) is 0 Å². The van der Waals surface area contributed by atoms with Crippen molar-refractivity contribution < 1.29 is 27.5 Å². The van der Waals surface area contributed by atoms with E-state index in [4.69, 9.17) is 0 Å². The van der Waals surface area contributed by atoms with Gasteiger partial charge in [0.05, 0.1) is 23.9 Å². The molecule has 0 radical (unpaired) electrons. The first-order valence-electron chi connectivity index (χ1n) is 10.1. The van der Waals surface area contributed by atoms with E-state index in [1.807, 2.05) is 0 Å². The molecule has 172 valence electrons. The third-order valence-electron chi connectivity index (χ3n) is 5.28. The van der Waals surface area contributed by atoms with Crippen LogP contribution in [0, 0.1) is 0 Å². The number of hydrogen-bond acceptors (Lipinski definition) is 7. The Kier molecular flexibility index (Phi) is 6.03. The molecule has 1 fully saturated rings. The Morgan fingerprint density at radius 3 is 2.61 bits per heavy atom. The van der Waals surface area contributed by atoms with Gasteiger partial charge in [-0.05, 0) is 56.0 Å². The molecule has 2 aliphatic rings. The van der Waals surface area contributed by atoms with Crippen LogP contribution in [0.15, 0.2) is 53.5 Å². The van der Waals surface area contributed by atoms with Gasteiger partial charge in [0.25, 0.3) is 5.91 Å². The van der Waals surface area contributed by atoms with E-state index in [0.717, 1.165) is 56.3 Å². The molecule has 8 nitrogen and oxygen atoms in total. The number of hydrogen-bond donors (Lipinski definition) is 3. The molecule has 0 aliphatic carbocycles. The number of nitrogens with zero attached hydrogens (tertiary/aromatic N) is 2. The molecular weight excluding hydrogens is 439 g/mol. The topological polar surface area (TPSA) is 105 Å². The summed E-state index contributed by atoms with van der Waals surface area (Å²) in [5.41, 5.74) is 1.67. The van der Waals surface area contributed by atoms with Crippen LogP contribution in [0.1, 0.15) is 52.1 Å². The number of carbonyl (C=O) groups excluding carboxylic acids is 2. The lowest BCUT2D eigenvalue weighted by molar-refractivity contribution is -0.137. The Morgan fingerprint density at radius 2 is 1.91 bits per heavy atom. The minimum Gasteiger partial charge on any atom is -0.465 e. The van der Waals surface area contributed by atoms with Crippen LogP contribution in [0.4, 0.5) is 24.7 Å². The maximum absolute atomic E-state index is 13.0. The second-order valence-corrected chi connectivity index (χ2v) is 7.48.